The van der Waals surface area contributed by atoms with Crippen molar-refractivity contribution in [2.75, 3.05) is 0 Å². The minimum atomic E-state index is -5.92. The zero-order chi connectivity index (χ0) is 11.8. The van der Waals surface area contributed by atoms with Crippen LogP contribution in [0, 0.1) is 0 Å². The quantitative estimate of drug-likeness (QED) is 0.493. The van der Waals surface area contributed by atoms with Gasteiger partial charge >= 0.3 is 41.9 Å². The summed E-state index contributed by atoms with van der Waals surface area (Å²) in [7, 11) is 0. The van der Waals surface area contributed by atoms with Crippen LogP contribution in [0.3, 0.4) is 0 Å². The van der Waals surface area contributed by atoms with Gasteiger partial charge in [0.1, 0.15) is 5.78 Å². The number of hydrogen-bond acceptors (Lipinski definition) is 2. The summed E-state index contributed by atoms with van der Waals surface area (Å²) in [6.45, 7) is 0.530. The van der Waals surface area contributed by atoms with Crippen molar-refractivity contribution in [2.24, 2.45) is 0 Å². The van der Waals surface area contributed by atoms with Gasteiger partial charge in [-0.05, 0) is 6.92 Å². The van der Waals surface area contributed by atoms with Crippen molar-refractivity contribution in [3.8, 4) is 0 Å². The van der Waals surface area contributed by atoms with Crippen molar-refractivity contribution in [1.29, 1.82) is 0 Å². The summed E-state index contributed by atoms with van der Waals surface area (Å²) in [4.78, 5) is 10.2. The Kier molecular flexibility index (Phi) is 5.90. The SMILES string of the molecule is CC(=O)CC(O)(C(F)(F)F)C(F)(F)F.[Na+]. The molecule has 2 nitrogen and oxygen atoms in total. The smallest absolute Gasteiger partial charge is 0.373 e. The molecule has 0 aliphatic heterocycles. The summed E-state index contributed by atoms with van der Waals surface area (Å²) in [6.07, 6.45) is -13.9. The van der Waals surface area contributed by atoms with E-state index in [2.05, 4.69) is 0 Å². The second-order valence-corrected chi connectivity index (χ2v) is 2.73. The molecule has 0 rings (SSSR count). The first kappa shape index (κ1) is 17.6. The molecular formula is C6H6F6NaO2+. The first-order chi connectivity index (χ1) is 5.92. The van der Waals surface area contributed by atoms with Gasteiger partial charge in [0.15, 0.2) is 0 Å². The molecule has 0 fully saturated rings. The largest absolute Gasteiger partial charge is 1.00 e. The molecule has 0 amide bonds. The molecule has 0 radical (unpaired) electrons. The number of Topliss-reactive ketones (excluding diaryl/α,β-unsaturated/α-hetero) is 1. The Hall–Kier alpha value is 0.210. The van der Waals surface area contributed by atoms with E-state index in [9.17, 15) is 31.1 Å². The van der Waals surface area contributed by atoms with Crippen molar-refractivity contribution in [2.45, 2.75) is 31.3 Å². The Morgan fingerprint density at radius 3 is 1.40 bits per heavy atom. The van der Waals surface area contributed by atoms with Gasteiger partial charge in [-0.25, -0.2) is 0 Å². The van der Waals surface area contributed by atoms with Crippen LogP contribution in [0.1, 0.15) is 13.3 Å². The molecule has 0 aliphatic rings. The van der Waals surface area contributed by atoms with Gasteiger partial charge < -0.3 is 5.11 Å². The van der Waals surface area contributed by atoms with Gasteiger partial charge in [-0.15, -0.1) is 0 Å². The molecular weight excluding hydrogens is 241 g/mol. The van der Waals surface area contributed by atoms with Crippen molar-refractivity contribution in [1.82, 2.24) is 0 Å². The predicted molar refractivity (Wildman–Crippen MR) is 32.4 cm³/mol. The Labute approximate surface area is 103 Å². The number of carbonyl (C=O) groups excluding carboxylic acids is 1. The molecule has 1 N–H and O–H groups in total. The summed E-state index contributed by atoms with van der Waals surface area (Å²) < 4.78 is 71.0. The van der Waals surface area contributed by atoms with Gasteiger partial charge in [0.25, 0.3) is 5.60 Å². The van der Waals surface area contributed by atoms with E-state index in [1.807, 2.05) is 0 Å². The van der Waals surface area contributed by atoms with Gasteiger partial charge in [-0.3, -0.25) is 4.79 Å². The summed E-state index contributed by atoms with van der Waals surface area (Å²) in [5, 5.41) is 8.38. The van der Waals surface area contributed by atoms with Crippen LogP contribution in [0.2, 0.25) is 0 Å². The molecule has 0 bridgehead atoms. The summed E-state index contributed by atoms with van der Waals surface area (Å²) in [5.41, 5.74) is -4.95. The molecule has 9 heteroatoms. The van der Waals surface area contributed by atoms with Crippen LogP contribution in [0.25, 0.3) is 0 Å². The number of ketones is 1. The Morgan fingerprint density at radius 1 is 1.07 bits per heavy atom. The van der Waals surface area contributed by atoms with E-state index < -0.39 is 30.2 Å². The molecule has 0 atom stereocenters. The standard InChI is InChI=1S/C6H6F6O2.Na/c1-3(13)2-4(14,5(7,8)9)6(10,11)12;/h14H,2H2,1H3;/q;+1. The zero-order valence-electron chi connectivity index (χ0n) is 7.83. The van der Waals surface area contributed by atoms with E-state index in [1.165, 1.54) is 0 Å². The number of carbonyl (C=O) groups is 1. The van der Waals surface area contributed by atoms with Crippen LogP contribution in [0.4, 0.5) is 26.3 Å². The van der Waals surface area contributed by atoms with Crippen molar-refractivity contribution < 1.29 is 65.8 Å². The second kappa shape index (κ2) is 5.03. The molecule has 0 aromatic carbocycles. The van der Waals surface area contributed by atoms with Gasteiger partial charge in [0, 0.05) is 0 Å². The maximum absolute atomic E-state index is 11.8. The molecule has 0 spiro atoms. The van der Waals surface area contributed by atoms with Crippen molar-refractivity contribution >= 4 is 5.78 Å². The van der Waals surface area contributed by atoms with Crippen LogP contribution in [0.15, 0.2) is 0 Å². The average molecular weight is 247 g/mol. The second-order valence-electron chi connectivity index (χ2n) is 2.73. The maximum atomic E-state index is 11.8. The van der Waals surface area contributed by atoms with E-state index in [-0.39, 0.29) is 29.6 Å². The maximum Gasteiger partial charge on any atom is 1.00 e. The van der Waals surface area contributed by atoms with Crippen LogP contribution in [-0.2, 0) is 4.79 Å². The summed E-state index contributed by atoms with van der Waals surface area (Å²) in [5.74, 6) is -1.40. The monoisotopic (exact) mass is 247 g/mol. The van der Waals surface area contributed by atoms with E-state index in [0.29, 0.717) is 6.92 Å². The molecule has 0 aliphatic carbocycles. The topological polar surface area (TPSA) is 37.3 Å². The van der Waals surface area contributed by atoms with E-state index in [0.717, 1.165) is 0 Å². The van der Waals surface area contributed by atoms with Gasteiger partial charge in [0.2, 0.25) is 0 Å². The molecule has 0 saturated carbocycles. The number of rotatable bonds is 2. The summed E-state index contributed by atoms with van der Waals surface area (Å²) in [6, 6.07) is 0. The van der Waals surface area contributed by atoms with Crippen LogP contribution in [0.5, 0.6) is 0 Å². The van der Waals surface area contributed by atoms with Crippen LogP contribution in [-0.4, -0.2) is 28.8 Å². The first-order valence-electron chi connectivity index (χ1n) is 3.27. The third-order valence-corrected chi connectivity index (χ3v) is 1.44. The Balaban J connectivity index is 0. The predicted octanol–water partition coefficient (Wildman–Crippen LogP) is -1.17. The normalized spacial score (nSPS) is 13.3. The first-order valence-corrected chi connectivity index (χ1v) is 3.27. The molecule has 15 heavy (non-hydrogen) atoms. The van der Waals surface area contributed by atoms with Crippen molar-refractivity contribution in [3.63, 3.8) is 0 Å². The number of hydrogen-bond donors (Lipinski definition) is 1. The number of halogens is 6. The van der Waals surface area contributed by atoms with Gasteiger partial charge in [-0.1, -0.05) is 0 Å². The number of alkyl halides is 6. The van der Waals surface area contributed by atoms with Gasteiger partial charge in [-0.2, -0.15) is 26.3 Å². The zero-order valence-corrected chi connectivity index (χ0v) is 9.83. The third kappa shape index (κ3) is 3.93. The molecule has 0 aromatic rings. The molecule has 84 valence electrons. The van der Waals surface area contributed by atoms with Crippen LogP contribution < -0.4 is 29.6 Å². The van der Waals surface area contributed by atoms with Crippen LogP contribution >= 0.6 is 0 Å². The van der Waals surface area contributed by atoms with Gasteiger partial charge in [0.05, 0.1) is 6.42 Å². The molecule has 0 unspecified atom stereocenters. The molecule has 0 saturated heterocycles. The fourth-order valence-corrected chi connectivity index (χ4v) is 0.721. The Bertz CT molecular complexity index is 219. The average Bonchev–Trinajstić information content (AvgIpc) is 1.79. The van der Waals surface area contributed by atoms with Crippen molar-refractivity contribution in [3.05, 3.63) is 0 Å². The third-order valence-electron chi connectivity index (χ3n) is 1.44. The Morgan fingerprint density at radius 2 is 1.33 bits per heavy atom. The number of aliphatic hydroxyl groups is 1. The minimum absolute atomic E-state index is 0. The summed E-state index contributed by atoms with van der Waals surface area (Å²) >= 11 is 0. The minimum Gasteiger partial charge on any atom is -0.373 e. The molecule has 0 aromatic heterocycles. The molecule has 0 heterocycles. The van der Waals surface area contributed by atoms with E-state index in [1.54, 1.807) is 0 Å². The van der Waals surface area contributed by atoms with E-state index >= 15 is 0 Å². The fourth-order valence-electron chi connectivity index (χ4n) is 0.721. The van der Waals surface area contributed by atoms with E-state index in [4.69, 9.17) is 5.11 Å². The fraction of sp³-hybridized carbons (Fsp3) is 0.833.